The van der Waals surface area contributed by atoms with Gasteiger partial charge in [-0.05, 0) is 108 Å². The lowest BCUT2D eigenvalue weighted by Crippen LogP contribution is -1.98. The Hall–Kier alpha value is -8.22. The highest BCUT2D eigenvalue weighted by atomic mass is 15.0. The summed E-state index contributed by atoms with van der Waals surface area (Å²) in [4.78, 5) is 19.1. The van der Waals surface area contributed by atoms with E-state index in [2.05, 4.69) is 172 Å². The Labute approximate surface area is 355 Å². The minimum Gasteiger partial charge on any atom is -0.308 e. The molecule has 5 aromatic carbocycles. The summed E-state index contributed by atoms with van der Waals surface area (Å²) in [6.45, 7) is 11.2. The first-order chi connectivity index (χ1) is 30.2. The molecule has 0 N–H and O–H groups in total. The first-order valence-electron chi connectivity index (χ1n) is 20.2. The van der Waals surface area contributed by atoms with Gasteiger partial charge < -0.3 is 9.13 Å². The van der Waals surface area contributed by atoms with Gasteiger partial charge in [-0.25, -0.2) is 0 Å². The average Bonchev–Trinajstić information content (AvgIpc) is 3.85. The van der Waals surface area contributed by atoms with Crippen molar-refractivity contribution in [2.75, 3.05) is 0 Å². The van der Waals surface area contributed by atoms with Crippen molar-refractivity contribution in [2.45, 2.75) is 6.92 Å². The fourth-order valence-corrected chi connectivity index (χ4v) is 8.13. The zero-order chi connectivity index (χ0) is 41.7. The van der Waals surface area contributed by atoms with Crippen molar-refractivity contribution in [1.29, 1.82) is 0 Å². The van der Waals surface area contributed by atoms with Crippen LogP contribution < -0.4 is 0 Å². The largest absolute Gasteiger partial charge is 0.308 e. The van der Waals surface area contributed by atoms with E-state index in [0.717, 1.165) is 99.8 Å². The van der Waals surface area contributed by atoms with Gasteiger partial charge in [0.2, 0.25) is 0 Å². The maximum atomic E-state index is 4.91. The van der Waals surface area contributed by atoms with Gasteiger partial charge in [0.25, 0.3) is 0 Å². The van der Waals surface area contributed by atoms with Crippen LogP contribution in [0.15, 0.2) is 221 Å². The third-order valence-corrected chi connectivity index (χ3v) is 10.7. The summed E-state index contributed by atoms with van der Waals surface area (Å²) in [6.07, 6.45) is 13.2. The standard InChI is InChI=1S/C50H32N6.C3H6.C2H4/c1-3-10-33(11-4-1)37-24-39(31-51-29-37)35-18-20-45-43(26-35)49-47(16-8-22-53-49)55(45)41-14-7-15-42(28-41)56-46-21-19-36(27-44(46)50-48(56)17-9-23-54-50)40-25-38(30-52-32-40)34-12-5-2-6-13-34;1-3-2;1-2/h1-32H;3H,1H2,2H3;1-2H2. The summed E-state index contributed by atoms with van der Waals surface area (Å²) >= 11 is 0. The number of benzene rings is 5. The van der Waals surface area contributed by atoms with Crippen molar-refractivity contribution in [3.8, 4) is 55.9 Å². The molecular formula is C55H42N6. The molecule has 6 heterocycles. The van der Waals surface area contributed by atoms with Crippen LogP contribution >= 0.6 is 0 Å². The van der Waals surface area contributed by atoms with Crippen LogP contribution in [0.5, 0.6) is 0 Å². The topological polar surface area (TPSA) is 61.4 Å². The molecule has 0 aliphatic rings. The van der Waals surface area contributed by atoms with E-state index in [1.807, 2.05) is 68.4 Å². The Morgan fingerprint density at radius 1 is 0.393 bits per heavy atom. The van der Waals surface area contributed by atoms with Gasteiger partial charge in [0, 0.05) is 81.6 Å². The van der Waals surface area contributed by atoms with Crippen molar-refractivity contribution < 1.29 is 0 Å². The summed E-state index contributed by atoms with van der Waals surface area (Å²) in [5.41, 5.74) is 17.1. The molecule has 0 saturated heterocycles. The normalized spacial score (nSPS) is 10.9. The molecule has 292 valence electrons. The molecule has 0 fully saturated rings. The van der Waals surface area contributed by atoms with Gasteiger partial charge in [-0.15, -0.1) is 19.7 Å². The maximum absolute atomic E-state index is 4.91. The molecule has 0 spiro atoms. The van der Waals surface area contributed by atoms with Crippen LogP contribution in [0.1, 0.15) is 6.92 Å². The van der Waals surface area contributed by atoms with E-state index in [4.69, 9.17) is 9.97 Å². The number of allylic oxidation sites excluding steroid dienone is 1. The maximum Gasteiger partial charge on any atom is 0.0963 e. The molecule has 0 aliphatic heterocycles. The van der Waals surface area contributed by atoms with Crippen molar-refractivity contribution >= 4 is 43.9 Å². The number of nitrogens with zero attached hydrogens (tertiary/aromatic N) is 6. The molecule has 6 nitrogen and oxygen atoms in total. The number of aromatic nitrogens is 6. The SMILES string of the molecule is C=C.C=CC.c1ccc(-c2cncc(-c3ccc4c(c3)c3ncccc3n4-c3cccc(-n4c5ccc(-c6cncc(-c7ccccc7)c6)cc5c5ncccc54)c3)c2)cc1. The van der Waals surface area contributed by atoms with Crippen LogP contribution in [0.25, 0.3) is 99.8 Å². The van der Waals surface area contributed by atoms with E-state index in [1.165, 1.54) is 0 Å². The first-order valence-corrected chi connectivity index (χ1v) is 20.2. The molecule has 0 bridgehead atoms. The van der Waals surface area contributed by atoms with Crippen molar-refractivity contribution in [2.24, 2.45) is 0 Å². The van der Waals surface area contributed by atoms with Gasteiger partial charge in [-0.3, -0.25) is 19.9 Å². The number of rotatable bonds is 6. The minimum atomic E-state index is 0.960. The fraction of sp³-hybridized carbons (Fsp3) is 0.0182. The third kappa shape index (κ3) is 7.17. The summed E-state index contributed by atoms with van der Waals surface area (Å²) in [7, 11) is 0. The second-order valence-corrected chi connectivity index (χ2v) is 14.5. The average molecular weight is 787 g/mol. The second-order valence-electron chi connectivity index (χ2n) is 14.5. The van der Waals surface area contributed by atoms with Crippen LogP contribution in [0.3, 0.4) is 0 Å². The lowest BCUT2D eigenvalue weighted by molar-refractivity contribution is 1.13. The minimum absolute atomic E-state index is 0.960. The van der Waals surface area contributed by atoms with Gasteiger partial charge in [-0.1, -0.05) is 84.9 Å². The number of pyridine rings is 4. The summed E-state index contributed by atoms with van der Waals surface area (Å²) in [6, 6.07) is 55.6. The van der Waals surface area contributed by atoms with Crippen LogP contribution in [-0.2, 0) is 0 Å². The predicted molar refractivity (Wildman–Crippen MR) is 255 cm³/mol. The van der Waals surface area contributed by atoms with Crippen LogP contribution in [0.2, 0.25) is 0 Å². The highest BCUT2D eigenvalue weighted by Gasteiger charge is 2.18. The second kappa shape index (κ2) is 16.9. The molecule has 61 heavy (non-hydrogen) atoms. The lowest BCUT2D eigenvalue weighted by Gasteiger charge is -2.13. The van der Waals surface area contributed by atoms with E-state index in [0.29, 0.717) is 0 Å². The fourth-order valence-electron chi connectivity index (χ4n) is 8.13. The Kier molecular flexibility index (Phi) is 10.6. The molecule has 0 aliphatic carbocycles. The summed E-state index contributed by atoms with van der Waals surface area (Å²) in [5, 5.41) is 2.18. The van der Waals surface area contributed by atoms with Gasteiger partial charge in [0.15, 0.2) is 0 Å². The highest BCUT2D eigenvalue weighted by molar-refractivity contribution is 6.10. The van der Waals surface area contributed by atoms with Crippen LogP contribution in [-0.4, -0.2) is 29.1 Å². The van der Waals surface area contributed by atoms with Crippen LogP contribution in [0.4, 0.5) is 0 Å². The van der Waals surface area contributed by atoms with Crippen molar-refractivity contribution in [3.05, 3.63) is 221 Å². The Morgan fingerprint density at radius 2 is 0.803 bits per heavy atom. The van der Waals surface area contributed by atoms with Gasteiger partial charge in [-0.2, -0.15) is 0 Å². The zero-order valence-electron chi connectivity index (χ0n) is 33.9. The quantitative estimate of drug-likeness (QED) is 0.158. The van der Waals surface area contributed by atoms with Gasteiger partial charge >= 0.3 is 0 Å². The third-order valence-electron chi connectivity index (χ3n) is 10.7. The molecule has 0 saturated carbocycles. The van der Waals surface area contributed by atoms with Crippen molar-refractivity contribution in [1.82, 2.24) is 29.1 Å². The molecule has 6 heteroatoms. The smallest absolute Gasteiger partial charge is 0.0963 e. The zero-order valence-corrected chi connectivity index (χ0v) is 33.9. The predicted octanol–water partition coefficient (Wildman–Crippen LogP) is 14.1. The summed E-state index contributed by atoms with van der Waals surface area (Å²) in [5.74, 6) is 0. The van der Waals surface area contributed by atoms with E-state index < -0.39 is 0 Å². The number of hydrogen-bond donors (Lipinski definition) is 0. The molecule has 0 unspecified atom stereocenters. The molecule has 6 aromatic heterocycles. The first kappa shape index (κ1) is 38.3. The summed E-state index contributed by atoms with van der Waals surface area (Å²) < 4.78 is 4.64. The van der Waals surface area contributed by atoms with Crippen molar-refractivity contribution in [3.63, 3.8) is 0 Å². The van der Waals surface area contributed by atoms with Crippen LogP contribution in [0, 0.1) is 0 Å². The molecule has 0 amide bonds. The van der Waals surface area contributed by atoms with Gasteiger partial charge in [0.1, 0.15) is 0 Å². The van der Waals surface area contributed by atoms with E-state index in [1.54, 1.807) is 6.08 Å². The number of hydrogen-bond acceptors (Lipinski definition) is 4. The molecule has 0 radical (unpaired) electrons. The highest BCUT2D eigenvalue weighted by Crippen LogP contribution is 2.38. The molecular weight excluding hydrogens is 745 g/mol. The molecule has 0 atom stereocenters. The molecule has 11 aromatic rings. The Morgan fingerprint density at radius 3 is 1.23 bits per heavy atom. The Balaban J connectivity index is 0.000000914. The molecule has 11 rings (SSSR count). The Bertz CT molecular complexity index is 3110. The van der Waals surface area contributed by atoms with E-state index in [-0.39, 0.29) is 0 Å². The van der Waals surface area contributed by atoms with E-state index >= 15 is 0 Å². The number of fused-ring (bicyclic) bond motifs is 6. The van der Waals surface area contributed by atoms with Gasteiger partial charge in [0.05, 0.1) is 33.1 Å². The van der Waals surface area contributed by atoms with E-state index in [9.17, 15) is 0 Å². The lowest BCUT2D eigenvalue weighted by atomic mass is 10.0. The monoisotopic (exact) mass is 786 g/mol.